The van der Waals surface area contributed by atoms with Crippen LogP contribution < -0.4 is 5.32 Å². The van der Waals surface area contributed by atoms with E-state index in [1.54, 1.807) is 17.1 Å². The lowest BCUT2D eigenvalue weighted by molar-refractivity contribution is 0.101. The summed E-state index contributed by atoms with van der Waals surface area (Å²) in [5.41, 5.74) is 2.29. The first-order valence-corrected chi connectivity index (χ1v) is 8.10. The van der Waals surface area contributed by atoms with Gasteiger partial charge in [-0.15, -0.1) is 5.10 Å². The van der Waals surface area contributed by atoms with Crippen LogP contribution in [0.1, 0.15) is 10.6 Å². The summed E-state index contributed by atoms with van der Waals surface area (Å²) < 4.78 is 1.63. The third-order valence-electron chi connectivity index (χ3n) is 3.76. The summed E-state index contributed by atoms with van der Waals surface area (Å²) in [7, 11) is 0. The molecule has 0 fully saturated rings. The van der Waals surface area contributed by atoms with Gasteiger partial charge in [0.15, 0.2) is 5.82 Å². The van der Waals surface area contributed by atoms with Gasteiger partial charge in [0, 0.05) is 17.4 Å². The Morgan fingerprint density at radius 1 is 0.885 bits per heavy atom. The highest BCUT2D eigenvalue weighted by Crippen LogP contribution is 2.21. The van der Waals surface area contributed by atoms with Crippen LogP contribution in [0.15, 0.2) is 85.2 Å². The van der Waals surface area contributed by atoms with E-state index in [2.05, 4.69) is 20.4 Å². The van der Waals surface area contributed by atoms with Gasteiger partial charge in [-0.1, -0.05) is 48.5 Å². The predicted octanol–water partition coefficient (Wildman–Crippen LogP) is 3.58. The third-order valence-corrected chi connectivity index (χ3v) is 3.76. The van der Waals surface area contributed by atoms with Crippen LogP contribution in [0.5, 0.6) is 0 Å². The van der Waals surface area contributed by atoms with Gasteiger partial charge in [-0.05, 0) is 24.3 Å². The van der Waals surface area contributed by atoms with Crippen LogP contribution in [-0.2, 0) is 0 Å². The molecule has 1 amide bonds. The van der Waals surface area contributed by atoms with Gasteiger partial charge in [0.25, 0.3) is 5.91 Å². The van der Waals surface area contributed by atoms with Gasteiger partial charge in [0.2, 0.25) is 5.82 Å². The summed E-state index contributed by atoms with van der Waals surface area (Å²) in [6.07, 6.45) is 3.37. The molecule has 126 valence electrons. The molecule has 1 N–H and O–H groups in total. The molecule has 0 saturated heterocycles. The molecule has 0 saturated carbocycles. The maximum absolute atomic E-state index is 12.6. The molecule has 4 rings (SSSR count). The highest BCUT2D eigenvalue weighted by Gasteiger charge is 2.18. The van der Waals surface area contributed by atoms with E-state index in [1.165, 1.54) is 0 Å². The fourth-order valence-corrected chi connectivity index (χ4v) is 2.55. The monoisotopic (exact) mass is 341 g/mol. The number of amides is 1. The predicted molar refractivity (Wildman–Crippen MR) is 99.0 cm³/mol. The number of carbonyl (C=O) groups is 1. The maximum Gasteiger partial charge on any atom is 0.295 e. The zero-order valence-corrected chi connectivity index (χ0v) is 13.8. The fraction of sp³-hybridized carbons (Fsp3) is 0. The molecule has 0 atom stereocenters. The van der Waals surface area contributed by atoms with Crippen LogP contribution in [0.2, 0.25) is 0 Å². The minimum atomic E-state index is -0.365. The van der Waals surface area contributed by atoms with E-state index in [1.807, 2.05) is 72.8 Å². The first-order valence-electron chi connectivity index (χ1n) is 8.10. The lowest BCUT2D eigenvalue weighted by atomic mass is 10.2. The minimum Gasteiger partial charge on any atom is -0.319 e. The van der Waals surface area contributed by atoms with E-state index in [4.69, 9.17) is 0 Å². The Hall–Kier alpha value is -3.80. The fourth-order valence-electron chi connectivity index (χ4n) is 2.55. The molecular formula is C20H15N5O. The number of pyridine rings is 1. The van der Waals surface area contributed by atoms with Crippen molar-refractivity contribution in [2.75, 3.05) is 5.32 Å². The molecule has 2 heterocycles. The highest BCUT2D eigenvalue weighted by molar-refractivity contribution is 6.01. The van der Waals surface area contributed by atoms with E-state index in [-0.39, 0.29) is 11.7 Å². The van der Waals surface area contributed by atoms with Gasteiger partial charge in [0.05, 0.1) is 11.9 Å². The second-order valence-electron chi connectivity index (χ2n) is 5.57. The van der Waals surface area contributed by atoms with Gasteiger partial charge in [-0.2, -0.15) is 0 Å². The number of anilines is 1. The van der Waals surface area contributed by atoms with Crippen LogP contribution in [0, 0.1) is 0 Å². The smallest absolute Gasteiger partial charge is 0.295 e. The number of nitrogens with one attached hydrogen (secondary N) is 1. The molecule has 0 unspecified atom stereocenters. The number of benzene rings is 2. The molecule has 4 aromatic rings. The molecule has 0 aliphatic rings. The Morgan fingerprint density at radius 3 is 2.31 bits per heavy atom. The van der Waals surface area contributed by atoms with Crippen LogP contribution in [0.4, 0.5) is 5.69 Å². The summed E-state index contributed by atoms with van der Waals surface area (Å²) in [5.74, 6) is 0.310. The molecule has 0 bridgehead atoms. The van der Waals surface area contributed by atoms with Crippen LogP contribution >= 0.6 is 0 Å². The van der Waals surface area contributed by atoms with E-state index in [9.17, 15) is 4.79 Å². The Morgan fingerprint density at radius 2 is 1.62 bits per heavy atom. The Bertz CT molecular complexity index is 957. The Labute approximate surface area is 150 Å². The minimum absolute atomic E-state index is 0.0940. The molecule has 26 heavy (non-hydrogen) atoms. The van der Waals surface area contributed by atoms with Crippen molar-refractivity contribution >= 4 is 11.6 Å². The normalized spacial score (nSPS) is 10.5. The summed E-state index contributed by atoms with van der Waals surface area (Å²) in [6, 6.07) is 22.5. The zero-order chi connectivity index (χ0) is 17.8. The SMILES string of the molecule is O=C(Nc1ccccc1)c1nc(-c2ccccc2)n(-c2cccnc2)n1. The average molecular weight is 341 g/mol. The summed E-state index contributed by atoms with van der Waals surface area (Å²) in [5, 5.41) is 7.22. The van der Waals surface area contributed by atoms with Crippen molar-refractivity contribution in [1.29, 1.82) is 0 Å². The summed E-state index contributed by atoms with van der Waals surface area (Å²) in [4.78, 5) is 21.2. The van der Waals surface area contributed by atoms with Crippen LogP contribution in [0.3, 0.4) is 0 Å². The van der Waals surface area contributed by atoms with Gasteiger partial charge in [-0.25, -0.2) is 9.67 Å². The Balaban J connectivity index is 1.75. The topological polar surface area (TPSA) is 72.7 Å². The summed E-state index contributed by atoms with van der Waals surface area (Å²) in [6.45, 7) is 0. The number of para-hydroxylation sites is 1. The number of hydrogen-bond donors (Lipinski definition) is 1. The first kappa shape index (κ1) is 15.7. The van der Waals surface area contributed by atoms with Crippen LogP contribution in [-0.4, -0.2) is 25.7 Å². The lowest BCUT2D eigenvalue weighted by Crippen LogP contribution is -2.14. The molecule has 2 aromatic heterocycles. The van der Waals surface area contributed by atoms with Gasteiger partial charge in [0.1, 0.15) is 0 Å². The largest absolute Gasteiger partial charge is 0.319 e. The number of nitrogens with zero attached hydrogens (tertiary/aromatic N) is 4. The van der Waals surface area contributed by atoms with Crippen molar-refractivity contribution in [2.45, 2.75) is 0 Å². The molecule has 0 spiro atoms. The van der Waals surface area contributed by atoms with E-state index in [0.29, 0.717) is 11.5 Å². The van der Waals surface area contributed by atoms with Gasteiger partial charge in [-0.3, -0.25) is 9.78 Å². The molecule has 6 nitrogen and oxygen atoms in total. The van der Waals surface area contributed by atoms with Crippen molar-refractivity contribution in [3.8, 4) is 17.1 Å². The van der Waals surface area contributed by atoms with Crippen molar-refractivity contribution in [3.63, 3.8) is 0 Å². The Kier molecular flexibility index (Phi) is 4.22. The average Bonchev–Trinajstić information content (AvgIpc) is 3.16. The van der Waals surface area contributed by atoms with E-state index in [0.717, 1.165) is 11.3 Å². The summed E-state index contributed by atoms with van der Waals surface area (Å²) >= 11 is 0. The number of carbonyl (C=O) groups excluding carboxylic acids is 1. The molecule has 2 aromatic carbocycles. The molecule has 0 aliphatic carbocycles. The third kappa shape index (κ3) is 3.21. The lowest BCUT2D eigenvalue weighted by Gasteiger charge is -2.04. The molecule has 0 aliphatic heterocycles. The van der Waals surface area contributed by atoms with E-state index < -0.39 is 0 Å². The molecular weight excluding hydrogens is 326 g/mol. The number of aromatic nitrogens is 4. The number of rotatable bonds is 4. The van der Waals surface area contributed by atoms with E-state index >= 15 is 0 Å². The number of hydrogen-bond acceptors (Lipinski definition) is 4. The van der Waals surface area contributed by atoms with Crippen molar-refractivity contribution < 1.29 is 4.79 Å². The quantitative estimate of drug-likeness (QED) is 0.616. The molecule has 6 heteroatoms. The standard InChI is InChI=1S/C20H15N5O/c26-20(22-16-10-5-2-6-11-16)18-23-19(15-8-3-1-4-9-15)25(24-18)17-12-7-13-21-14-17/h1-14H,(H,22,26). The van der Waals surface area contributed by atoms with Crippen molar-refractivity contribution in [3.05, 3.63) is 91.0 Å². The second-order valence-corrected chi connectivity index (χ2v) is 5.57. The molecule has 0 radical (unpaired) electrons. The maximum atomic E-state index is 12.6. The first-order chi connectivity index (χ1) is 12.8. The second kappa shape index (κ2) is 6.98. The van der Waals surface area contributed by atoms with Crippen molar-refractivity contribution in [2.24, 2.45) is 0 Å². The van der Waals surface area contributed by atoms with Gasteiger partial charge >= 0.3 is 0 Å². The zero-order valence-electron chi connectivity index (χ0n) is 13.8. The van der Waals surface area contributed by atoms with Crippen molar-refractivity contribution in [1.82, 2.24) is 19.7 Å². The van der Waals surface area contributed by atoms with Gasteiger partial charge < -0.3 is 5.32 Å². The highest BCUT2D eigenvalue weighted by atomic mass is 16.2. The van der Waals surface area contributed by atoms with Crippen LogP contribution in [0.25, 0.3) is 17.1 Å².